The van der Waals surface area contributed by atoms with Crippen LogP contribution in [-0.4, -0.2) is 27.2 Å². The average molecular weight is 355 g/mol. The zero-order chi connectivity index (χ0) is 19.1. The second-order valence-corrected chi connectivity index (χ2v) is 6.05. The number of methoxy groups -OCH3 is 3. The van der Waals surface area contributed by atoms with Gasteiger partial charge < -0.3 is 19.5 Å². The molecule has 0 saturated carbocycles. The lowest BCUT2D eigenvalue weighted by atomic mass is 10.0. The number of hydrogen-bond donors (Lipinski definition) is 1. The van der Waals surface area contributed by atoms with Crippen LogP contribution in [0.15, 0.2) is 42.5 Å². The molecule has 0 heterocycles. The van der Waals surface area contributed by atoms with Crippen molar-refractivity contribution < 1.29 is 19.0 Å². The number of nitrogens with one attached hydrogen (secondary N) is 1. The monoisotopic (exact) mass is 355 g/mol. The van der Waals surface area contributed by atoms with Gasteiger partial charge in [0, 0.05) is 23.4 Å². The fourth-order valence-corrected chi connectivity index (χ4v) is 2.48. The van der Waals surface area contributed by atoms with Gasteiger partial charge in [-0.25, -0.2) is 0 Å². The molecular weight excluding hydrogens is 330 g/mol. The summed E-state index contributed by atoms with van der Waals surface area (Å²) in [6, 6.07) is 11.3. The summed E-state index contributed by atoms with van der Waals surface area (Å²) in [4.78, 5) is 12.2. The van der Waals surface area contributed by atoms with Crippen molar-refractivity contribution >= 4 is 17.7 Å². The highest BCUT2D eigenvalue weighted by atomic mass is 16.5. The largest absolute Gasteiger partial charge is 0.496 e. The van der Waals surface area contributed by atoms with Crippen LogP contribution in [0, 0.1) is 0 Å². The Morgan fingerprint density at radius 2 is 1.50 bits per heavy atom. The number of carbonyl (C=O) groups excluding carboxylic acids is 1. The number of anilines is 1. The van der Waals surface area contributed by atoms with Gasteiger partial charge in [0.05, 0.1) is 21.3 Å². The first-order chi connectivity index (χ1) is 12.5. The van der Waals surface area contributed by atoms with Crippen LogP contribution in [0.4, 0.5) is 5.69 Å². The summed E-state index contributed by atoms with van der Waals surface area (Å²) in [7, 11) is 4.69. The van der Waals surface area contributed by atoms with Crippen LogP contribution in [-0.2, 0) is 4.79 Å². The van der Waals surface area contributed by atoms with Crippen LogP contribution in [0.3, 0.4) is 0 Å². The molecule has 2 aromatic rings. The van der Waals surface area contributed by atoms with E-state index >= 15 is 0 Å². The molecule has 0 fully saturated rings. The Morgan fingerprint density at radius 1 is 0.923 bits per heavy atom. The van der Waals surface area contributed by atoms with Crippen molar-refractivity contribution in [2.45, 2.75) is 19.8 Å². The van der Waals surface area contributed by atoms with Gasteiger partial charge in [0.1, 0.15) is 5.75 Å². The van der Waals surface area contributed by atoms with Gasteiger partial charge in [0.2, 0.25) is 5.91 Å². The van der Waals surface area contributed by atoms with E-state index in [1.807, 2.05) is 24.3 Å². The van der Waals surface area contributed by atoms with Crippen molar-refractivity contribution in [3.8, 4) is 17.2 Å². The minimum absolute atomic E-state index is 0.223. The Morgan fingerprint density at radius 3 is 2.04 bits per heavy atom. The maximum atomic E-state index is 12.2. The van der Waals surface area contributed by atoms with E-state index in [9.17, 15) is 4.79 Å². The minimum Gasteiger partial charge on any atom is -0.496 e. The first-order valence-electron chi connectivity index (χ1n) is 8.37. The standard InChI is InChI=1S/C21H25NO4/c1-14(2)15-6-9-17(10-7-15)22-21(23)11-8-16-12-19(25-4)20(26-5)13-18(16)24-3/h6-14H,1-5H3,(H,22,23)/b11-8+. The van der Waals surface area contributed by atoms with Crippen molar-refractivity contribution in [3.63, 3.8) is 0 Å². The second-order valence-electron chi connectivity index (χ2n) is 6.05. The molecular formula is C21H25NO4. The lowest BCUT2D eigenvalue weighted by Crippen LogP contribution is -2.07. The number of rotatable bonds is 7. The number of ether oxygens (including phenoxy) is 3. The molecule has 26 heavy (non-hydrogen) atoms. The van der Waals surface area contributed by atoms with E-state index < -0.39 is 0 Å². The molecule has 2 rings (SSSR count). The van der Waals surface area contributed by atoms with E-state index in [-0.39, 0.29) is 5.91 Å². The maximum Gasteiger partial charge on any atom is 0.248 e. The summed E-state index contributed by atoms with van der Waals surface area (Å²) in [5, 5.41) is 2.84. The second kappa shape index (κ2) is 8.94. The fourth-order valence-electron chi connectivity index (χ4n) is 2.48. The third-order valence-electron chi connectivity index (χ3n) is 4.00. The van der Waals surface area contributed by atoms with Crippen LogP contribution in [0.2, 0.25) is 0 Å². The quantitative estimate of drug-likeness (QED) is 0.744. The highest BCUT2D eigenvalue weighted by Crippen LogP contribution is 2.35. The van der Waals surface area contributed by atoms with Gasteiger partial charge in [-0.1, -0.05) is 26.0 Å². The number of benzene rings is 2. The first kappa shape index (κ1) is 19.4. The molecule has 0 aliphatic carbocycles. The molecule has 0 atom stereocenters. The van der Waals surface area contributed by atoms with Crippen LogP contribution < -0.4 is 19.5 Å². The van der Waals surface area contributed by atoms with Gasteiger partial charge in [-0.2, -0.15) is 0 Å². The molecule has 0 saturated heterocycles. The Bertz CT molecular complexity index is 779. The predicted octanol–water partition coefficient (Wildman–Crippen LogP) is 4.49. The van der Waals surface area contributed by atoms with E-state index in [0.717, 1.165) is 11.3 Å². The van der Waals surface area contributed by atoms with Gasteiger partial charge >= 0.3 is 0 Å². The van der Waals surface area contributed by atoms with E-state index in [0.29, 0.717) is 23.2 Å². The zero-order valence-corrected chi connectivity index (χ0v) is 15.8. The molecule has 1 N–H and O–H groups in total. The van der Waals surface area contributed by atoms with Gasteiger partial charge in [0.15, 0.2) is 11.5 Å². The summed E-state index contributed by atoms with van der Waals surface area (Å²) in [5.41, 5.74) is 2.70. The predicted molar refractivity (Wildman–Crippen MR) is 104 cm³/mol. The lowest BCUT2D eigenvalue weighted by Gasteiger charge is -2.12. The highest BCUT2D eigenvalue weighted by Gasteiger charge is 2.10. The van der Waals surface area contributed by atoms with Gasteiger partial charge in [-0.3, -0.25) is 4.79 Å². The third kappa shape index (κ3) is 4.79. The van der Waals surface area contributed by atoms with E-state index in [4.69, 9.17) is 14.2 Å². The molecule has 0 aromatic heterocycles. The normalized spacial score (nSPS) is 10.8. The Labute approximate surface area is 154 Å². The average Bonchev–Trinajstić information content (AvgIpc) is 2.65. The SMILES string of the molecule is COc1cc(OC)c(OC)cc1/C=C/C(=O)Nc1ccc(C(C)C)cc1. The summed E-state index contributed by atoms with van der Waals surface area (Å²) < 4.78 is 15.9. The fraction of sp³-hybridized carbons (Fsp3) is 0.286. The molecule has 0 aliphatic heterocycles. The minimum atomic E-state index is -0.223. The highest BCUT2D eigenvalue weighted by molar-refractivity contribution is 6.02. The maximum absolute atomic E-state index is 12.2. The molecule has 0 aliphatic rings. The molecule has 1 amide bonds. The molecule has 0 spiro atoms. The summed E-state index contributed by atoms with van der Waals surface area (Å²) in [6.07, 6.45) is 3.14. The molecule has 0 bridgehead atoms. The number of amides is 1. The van der Waals surface area contributed by atoms with Gasteiger partial charge in [-0.15, -0.1) is 0 Å². The molecule has 5 heteroatoms. The lowest BCUT2D eigenvalue weighted by molar-refractivity contribution is -0.111. The topological polar surface area (TPSA) is 56.8 Å². The van der Waals surface area contributed by atoms with Crippen LogP contribution in [0.25, 0.3) is 6.08 Å². The van der Waals surface area contributed by atoms with Gasteiger partial charge in [-0.05, 0) is 35.8 Å². The third-order valence-corrected chi connectivity index (χ3v) is 4.00. The Hall–Kier alpha value is -2.95. The summed E-state index contributed by atoms with van der Waals surface area (Å²) >= 11 is 0. The van der Waals surface area contributed by atoms with Crippen LogP contribution in [0.1, 0.15) is 30.9 Å². The van der Waals surface area contributed by atoms with E-state index in [1.165, 1.54) is 11.6 Å². The van der Waals surface area contributed by atoms with E-state index in [1.54, 1.807) is 39.5 Å². The molecule has 0 unspecified atom stereocenters. The zero-order valence-electron chi connectivity index (χ0n) is 15.8. The molecule has 138 valence electrons. The molecule has 0 radical (unpaired) electrons. The molecule has 2 aromatic carbocycles. The van der Waals surface area contributed by atoms with Gasteiger partial charge in [0.25, 0.3) is 0 Å². The van der Waals surface area contributed by atoms with Crippen LogP contribution in [0.5, 0.6) is 17.2 Å². The Kier molecular flexibility index (Phi) is 6.67. The van der Waals surface area contributed by atoms with Crippen molar-refractivity contribution in [3.05, 3.63) is 53.6 Å². The first-order valence-corrected chi connectivity index (χ1v) is 8.37. The summed E-state index contributed by atoms with van der Waals surface area (Å²) in [5.74, 6) is 1.96. The Balaban J connectivity index is 2.14. The number of carbonyl (C=O) groups is 1. The van der Waals surface area contributed by atoms with Crippen molar-refractivity contribution in [2.75, 3.05) is 26.6 Å². The van der Waals surface area contributed by atoms with Crippen LogP contribution >= 0.6 is 0 Å². The van der Waals surface area contributed by atoms with Crippen molar-refractivity contribution in [1.82, 2.24) is 0 Å². The van der Waals surface area contributed by atoms with E-state index in [2.05, 4.69) is 19.2 Å². The van der Waals surface area contributed by atoms with Crippen molar-refractivity contribution in [1.29, 1.82) is 0 Å². The smallest absolute Gasteiger partial charge is 0.248 e. The number of hydrogen-bond acceptors (Lipinski definition) is 4. The molecule has 5 nitrogen and oxygen atoms in total. The summed E-state index contributed by atoms with van der Waals surface area (Å²) in [6.45, 7) is 4.26. The van der Waals surface area contributed by atoms with Crippen molar-refractivity contribution in [2.24, 2.45) is 0 Å².